The molecule has 0 spiro atoms. The molecule has 2 aromatic carbocycles. The number of likely N-dealkylation sites (tertiary alicyclic amines) is 1. The second-order valence-corrected chi connectivity index (χ2v) is 11.8. The molecule has 2 aromatic rings. The SMILES string of the molecule is Cc1cc(C2CCN(C(=O)C3CC3)CC2)ccc1CC1CCc2cccc(OS(=O)(=O)C(F)(F)F)c21. The monoisotopic (exact) mass is 521 g/mol. The number of halogens is 3. The molecule has 9 heteroatoms. The van der Waals surface area contributed by atoms with Crippen LogP contribution >= 0.6 is 0 Å². The number of piperidine rings is 1. The van der Waals surface area contributed by atoms with Gasteiger partial charge in [0.1, 0.15) is 5.75 Å². The molecule has 1 saturated carbocycles. The van der Waals surface area contributed by atoms with Crippen LogP contribution in [0.15, 0.2) is 36.4 Å². The summed E-state index contributed by atoms with van der Waals surface area (Å²) in [6, 6.07) is 11.0. The van der Waals surface area contributed by atoms with Crippen molar-refractivity contribution < 1.29 is 30.6 Å². The number of hydrogen-bond acceptors (Lipinski definition) is 4. The molecule has 0 radical (unpaired) electrons. The number of amides is 1. The van der Waals surface area contributed by atoms with Crippen LogP contribution < -0.4 is 4.18 Å². The van der Waals surface area contributed by atoms with Gasteiger partial charge in [0.2, 0.25) is 5.91 Å². The second-order valence-electron chi connectivity index (χ2n) is 10.3. The molecule has 1 heterocycles. The second kappa shape index (κ2) is 9.39. The zero-order valence-electron chi connectivity index (χ0n) is 20.2. The molecule has 36 heavy (non-hydrogen) atoms. The van der Waals surface area contributed by atoms with E-state index in [4.69, 9.17) is 0 Å². The van der Waals surface area contributed by atoms with E-state index in [1.165, 1.54) is 17.7 Å². The third-order valence-corrected chi connectivity index (χ3v) is 8.81. The van der Waals surface area contributed by atoms with Crippen molar-refractivity contribution in [2.75, 3.05) is 13.1 Å². The molecular weight excluding hydrogens is 491 g/mol. The summed E-state index contributed by atoms with van der Waals surface area (Å²) in [7, 11) is -5.73. The Morgan fingerprint density at radius 2 is 1.78 bits per heavy atom. The molecule has 1 saturated heterocycles. The minimum Gasteiger partial charge on any atom is -0.376 e. The van der Waals surface area contributed by atoms with Crippen molar-refractivity contribution in [1.82, 2.24) is 4.90 Å². The van der Waals surface area contributed by atoms with Crippen LogP contribution in [0.4, 0.5) is 13.2 Å². The zero-order valence-corrected chi connectivity index (χ0v) is 21.0. The molecule has 1 aliphatic heterocycles. The molecule has 0 N–H and O–H groups in total. The Morgan fingerprint density at radius 1 is 1.06 bits per heavy atom. The van der Waals surface area contributed by atoms with Gasteiger partial charge in [0.05, 0.1) is 0 Å². The standard InChI is InChI=1S/C27H30F3NO4S/c1-17-15-22(18-11-13-31(14-12-18)26(32)20-6-7-20)9-8-21(17)16-23-10-5-19-3-2-4-24(25(19)23)35-36(33,34)27(28,29)30/h2-4,8-9,15,18,20,23H,5-7,10-14,16H2,1H3. The van der Waals surface area contributed by atoms with Gasteiger partial charge in [-0.1, -0.05) is 30.3 Å². The first-order chi connectivity index (χ1) is 17.0. The van der Waals surface area contributed by atoms with Crippen LogP contribution in [0, 0.1) is 12.8 Å². The molecule has 0 aromatic heterocycles. The Balaban J connectivity index is 1.29. The highest BCUT2D eigenvalue weighted by molar-refractivity contribution is 7.88. The van der Waals surface area contributed by atoms with Crippen molar-refractivity contribution in [1.29, 1.82) is 0 Å². The highest BCUT2D eigenvalue weighted by Crippen LogP contribution is 2.43. The van der Waals surface area contributed by atoms with Gasteiger partial charge < -0.3 is 9.08 Å². The average Bonchev–Trinajstić information content (AvgIpc) is 3.60. The summed E-state index contributed by atoms with van der Waals surface area (Å²) in [6.45, 7) is 3.63. The molecule has 194 valence electrons. The van der Waals surface area contributed by atoms with Crippen LogP contribution in [0.25, 0.3) is 0 Å². The Kier molecular flexibility index (Phi) is 6.55. The number of benzene rings is 2. The molecule has 2 aliphatic carbocycles. The van der Waals surface area contributed by atoms with Crippen LogP contribution in [0.2, 0.25) is 0 Å². The fraction of sp³-hybridized carbons (Fsp3) is 0.519. The first-order valence-electron chi connectivity index (χ1n) is 12.5. The maximum Gasteiger partial charge on any atom is 0.534 e. The average molecular weight is 522 g/mol. The zero-order chi connectivity index (χ0) is 25.7. The van der Waals surface area contributed by atoms with Gasteiger partial charge in [0, 0.05) is 24.6 Å². The quantitative estimate of drug-likeness (QED) is 0.366. The first kappa shape index (κ1) is 25.1. The van der Waals surface area contributed by atoms with Crippen LogP contribution in [-0.2, 0) is 27.8 Å². The third kappa shape index (κ3) is 4.99. The van der Waals surface area contributed by atoms with Crippen molar-refractivity contribution in [3.8, 4) is 5.75 Å². The number of hydrogen-bond donors (Lipinski definition) is 0. The Morgan fingerprint density at radius 3 is 2.42 bits per heavy atom. The lowest BCUT2D eigenvalue weighted by Gasteiger charge is -2.32. The highest BCUT2D eigenvalue weighted by atomic mass is 32.2. The van der Waals surface area contributed by atoms with Crippen molar-refractivity contribution in [3.05, 3.63) is 64.2 Å². The summed E-state index contributed by atoms with van der Waals surface area (Å²) in [5.41, 5.74) is -0.636. The highest BCUT2D eigenvalue weighted by Gasteiger charge is 2.49. The van der Waals surface area contributed by atoms with Crippen molar-refractivity contribution in [2.45, 2.75) is 69.2 Å². The lowest BCUT2D eigenvalue weighted by molar-refractivity contribution is -0.133. The van der Waals surface area contributed by atoms with Gasteiger partial charge in [-0.15, -0.1) is 0 Å². The molecule has 3 aliphatic rings. The predicted molar refractivity (Wildman–Crippen MR) is 129 cm³/mol. The lowest BCUT2D eigenvalue weighted by atomic mass is 9.85. The van der Waals surface area contributed by atoms with E-state index >= 15 is 0 Å². The molecule has 5 rings (SSSR count). The normalized spacial score (nSPS) is 20.9. The molecule has 1 amide bonds. The summed E-state index contributed by atoms with van der Waals surface area (Å²) in [5.74, 6) is 0.613. The van der Waals surface area contributed by atoms with Gasteiger partial charge in [-0.05, 0) is 92.0 Å². The van der Waals surface area contributed by atoms with Crippen molar-refractivity contribution >= 4 is 16.0 Å². The van der Waals surface area contributed by atoms with E-state index in [1.807, 2.05) is 17.9 Å². The summed E-state index contributed by atoms with van der Waals surface area (Å²) in [5, 5.41) is 0. The number of aryl methyl sites for hydroxylation is 2. The van der Waals surface area contributed by atoms with Crippen LogP contribution in [0.3, 0.4) is 0 Å². The lowest BCUT2D eigenvalue weighted by Crippen LogP contribution is -2.38. The maximum absolute atomic E-state index is 12.9. The van der Waals surface area contributed by atoms with E-state index in [9.17, 15) is 26.4 Å². The number of rotatable bonds is 6. The predicted octanol–water partition coefficient (Wildman–Crippen LogP) is 5.61. The van der Waals surface area contributed by atoms with Crippen LogP contribution in [-0.4, -0.2) is 37.8 Å². The number of nitrogens with zero attached hydrogens (tertiary/aromatic N) is 1. The van der Waals surface area contributed by atoms with E-state index < -0.39 is 15.6 Å². The van der Waals surface area contributed by atoms with E-state index in [2.05, 4.69) is 22.4 Å². The van der Waals surface area contributed by atoms with Gasteiger partial charge in [0.25, 0.3) is 0 Å². The maximum atomic E-state index is 12.9. The molecule has 1 unspecified atom stereocenters. The molecule has 2 fully saturated rings. The minimum absolute atomic E-state index is 0.124. The van der Waals surface area contributed by atoms with Gasteiger partial charge in [-0.25, -0.2) is 0 Å². The number of carbonyl (C=O) groups excluding carboxylic acids is 1. The topological polar surface area (TPSA) is 63.7 Å². The van der Waals surface area contributed by atoms with Crippen molar-refractivity contribution in [3.63, 3.8) is 0 Å². The van der Waals surface area contributed by atoms with Gasteiger partial charge in [0.15, 0.2) is 0 Å². The first-order valence-corrected chi connectivity index (χ1v) is 13.9. The molecule has 1 atom stereocenters. The summed E-state index contributed by atoms with van der Waals surface area (Å²) in [4.78, 5) is 14.3. The summed E-state index contributed by atoms with van der Waals surface area (Å²) < 4.78 is 66.7. The molecule has 5 nitrogen and oxygen atoms in total. The Bertz CT molecular complexity index is 1260. The van der Waals surface area contributed by atoms with Crippen LogP contribution in [0.5, 0.6) is 5.75 Å². The fourth-order valence-electron chi connectivity index (χ4n) is 5.68. The van der Waals surface area contributed by atoms with Crippen LogP contribution in [0.1, 0.15) is 71.8 Å². The van der Waals surface area contributed by atoms with E-state index in [0.717, 1.165) is 61.9 Å². The Hall–Kier alpha value is -2.55. The van der Waals surface area contributed by atoms with E-state index in [-0.39, 0.29) is 17.6 Å². The summed E-state index contributed by atoms with van der Waals surface area (Å²) >= 11 is 0. The van der Waals surface area contributed by atoms with Gasteiger partial charge >= 0.3 is 15.6 Å². The van der Waals surface area contributed by atoms with E-state index in [1.54, 1.807) is 0 Å². The van der Waals surface area contributed by atoms with E-state index in [0.29, 0.717) is 30.2 Å². The number of fused-ring (bicyclic) bond motifs is 1. The largest absolute Gasteiger partial charge is 0.534 e. The molecule has 0 bridgehead atoms. The molecular formula is C27H30F3NO4S. The van der Waals surface area contributed by atoms with Crippen molar-refractivity contribution in [2.24, 2.45) is 5.92 Å². The smallest absolute Gasteiger partial charge is 0.376 e. The minimum atomic E-state index is -5.73. The van der Waals surface area contributed by atoms with Gasteiger partial charge in [-0.2, -0.15) is 21.6 Å². The summed E-state index contributed by atoms with van der Waals surface area (Å²) in [6.07, 6.45) is 5.92. The fourth-order valence-corrected chi connectivity index (χ4v) is 6.15. The Labute approximate surface area is 209 Å². The third-order valence-electron chi connectivity index (χ3n) is 7.85. The number of alkyl halides is 3. The van der Waals surface area contributed by atoms with Gasteiger partial charge in [-0.3, -0.25) is 4.79 Å². The number of carbonyl (C=O) groups is 1.